The molecule has 0 spiro atoms. The van der Waals surface area contributed by atoms with Crippen LogP contribution in [0.4, 0.5) is 31.7 Å². The van der Waals surface area contributed by atoms with E-state index in [9.17, 15) is 8.78 Å². The standard InChI is InChI=1S/C27H19F2N5/c28-16-6-3-8-18(14-16)33-21-11-2-1-10-20(21)23-26(33)32-25-24-22(12-5-13-30-24)34(27(25)31-23)19-9-4-7-17(29)15-19/h1-15,23,26,31-32H. The summed E-state index contributed by atoms with van der Waals surface area (Å²) in [5, 5.41) is 7.39. The maximum Gasteiger partial charge on any atom is 0.137 e. The molecule has 4 heterocycles. The highest BCUT2D eigenvalue weighted by Gasteiger charge is 2.44. The maximum absolute atomic E-state index is 14.2. The van der Waals surface area contributed by atoms with Crippen LogP contribution in [0.1, 0.15) is 11.6 Å². The summed E-state index contributed by atoms with van der Waals surface area (Å²) in [6, 6.07) is 25.0. The fourth-order valence-electron chi connectivity index (χ4n) is 5.24. The molecule has 7 heteroatoms. The average molecular weight is 451 g/mol. The Hall–Kier alpha value is -4.39. The number of nitrogens with zero attached hydrogens (tertiary/aromatic N) is 3. The van der Waals surface area contributed by atoms with Crippen molar-refractivity contribution in [2.24, 2.45) is 0 Å². The van der Waals surface area contributed by atoms with Crippen LogP contribution in [0.5, 0.6) is 0 Å². The minimum atomic E-state index is -0.304. The zero-order valence-electron chi connectivity index (χ0n) is 17.9. The minimum absolute atomic E-state index is 0.122. The van der Waals surface area contributed by atoms with Crippen molar-refractivity contribution in [1.82, 2.24) is 9.55 Å². The molecule has 2 aliphatic rings. The fraction of sp³-hybridized carbons (Fsp3) is 0.0741. The molecule has 2 unspecified atom stereocenters. The molecular formula is C27H19F2N5. The summed E-state index contributed by atoms with van der Waals surface area (Å²) in [6.07, 6.45) is 1.54. The third-order valence-electron chi connectivity index (χ3n) is 6.59. The van der Waals surface area contributed by atoms with E-state index in [4.69, 9.17) is 0 Å². The van der Waals surface area contributed by atoms with E-state index in [0.717, 1.165) is 39.5 Å². The fourth-order valence-corrected chi connectivity index (χ4v) is 5.24. The van der Waals surface area contributed by atoms with Gasteiger partial charge in [-0.15, -0.1) is 0 Å². The van der Waals surface area contributed by atoms with Crippen LogP contribution in [0.3, 0.4) is 0 Å². The predicted molar refractivity (Wildman–Crippen MR) is 130 cm³/mol. The van der Waals surface area contributed by atoms with Crippen LogP contribution in [-0.2, 0) is 0 Å². The Labute approximate surface area is 194 Å². The molecule has 2 N–H and O–H groups in total. The third kappa shape index (κ3) is 2.67. The normalized spacial score (nSPS) is 18.1. The number of aromatic nitrogens is 2. The number of para-hydroxylation sites is 1. The number of anilines is 4. The number of pyridine rings is 1. The van der Waals surface area contributed by atoms with E-state index in [1.165, 1.54) is 18.2 Å². The Kier molecular flexibility index (Phi) is 3.96. The van der Waals surface area contributed by atoms with E-state index in [-0.39, 0.29) is 23.8 Å². The highest BCUT2D eigenvalue weighted by Crippen LogP contribution is 2.51. The Morgan fingerprint density at radius 3 is 2.35 bits per heavy atom. The lowest BCUT2D eigenvalue weighted by Crippen LogP contribution is -2.43. The number of hydrogen-bond donors (Lipinski definition) is 2. The van der Waals surface area contributed by atoms with E-state index < -0.39 is 0 Å². The van der Waals surface area contributed by atoms with Gasteiger partial charge in [-0.05, 0) is 54.6 Å². The van der Waals surface area contributed by atoms with Crippen LogP contribution in [-0.4, -0.2) is 15.7 Å². The lowest BCUT2D eigenvalue weighted by Gasteiger charge is -2.36. The highest BCUT2D eigenvalue weighted by molar-refractivity contribution is 6.01. The van der Waals surface area contributed by atoms with Gasteiger partial charge in [-0.3, -0.25) is 9.55 Å². The molecule has 0 radical (unpaired) electrons. The summed E-state index contributed by atoms with van der Waals surface area (Å²) in [5.74, 6) is 0.228. The summed E-state index contributed by atoms with van der Waals surface area (Å²) in [7, 11) is 0. The Morgan fingerprint density at radius 1 is 0.765 bits per heavy atom. The van der Waals surface area contributed by atoms with Gasteiger partial charge in [0, 0.05) is 23.1 Å². The van der Waals surface area contributed by atoms with E-state index >= 15 is 0 Å². The molecular weight excluding hydrogens is 432 g/mol. The van der Waals surface area contributed by atoms with E-state index in [0.29, 0.717) is 5.69 Å². The molecule has 2 atom stereocenters. The highest BCUT2D eigenvalue weighted by atomic mass is 19.1. The van der Waals surface area contributed by atoms with Gasteiger partial charge in [-0.25, -0.2) is 8.78 Å². The van der Waals surface area contributed by atoms with Crippen molar-refractivity contribution in [1.29, 1.82) is 0 Å². The van der Waals surface area contributed by atoms with Crippen molar-refractivity contribution < 1.29 is 8.78 Å². The Morgan fingerprint density at radius 2 is 1.53 bits per heavy atom. The van der Waals surface area contributed by atoms with Crippen LogP contribution in [0.25, 0.3) is 16.7 Å². The SMILES string of the molecule is Fc1cccc(N2c3ccccc3C3Nc4c(c5ncccc5n4-c4cccc(F)c4)NC32)c1. The van der Waals surface area contributed by atoms with Crippen molar-refractivity contribution in [2.45, 2.75) is 12.2 Å². The molecule has 7 rings (SSSR count). The summed E-state index contributed by atoms with van der Waals surface area (Å²) >= 11 is 0. The van der Waals surface area contributed by atoms with Gasteiger partial charge in [0.15, 0.2) is 0 Å². The van der Waals surface area contributed by atoms with Crippen molar-refractivity contribution in [2.75, 3.05) is 15.5 Å². The molecule has 0 amide bonds. The summed E-state index contributed by atoms with van der Waals surface area (Å²) in [6.45, 7) is 0. The molecule has 0 aliphatic carbocycles. The van der Waals surface area contributed by atoms with E-state index in [1.54, 1.807) is 24.4 Å². The van der Waals surface area contributed by atoms with Crippen molar-refractivity contribution in [3.8, 4) is 5.69 Å². The molecule has 5 aromatic rings. The predicted octanol–water partition coefficient (Wildman–Crippen LogP) is 6.36. The van der Waals surface area contributed by atoms with Gasteiger partial charge in [-0.2, -0.15) is 0 Å². The van der Waals surface area contributed by atoms with E-state index in [2.05, 4.69) is 26.6 Å². The molecule has 0 fully saturated rings. The van der Waals surface area contributed by atoms with Gasteiger partial charge in [-0.1, -0.05) is 30.3 Å². The van der Waals surface area contributed by atoms with Gasteiger partial charge in [0.1, 0.15) is 34.8 Å². The number of rotatable bonds is 2. The lowest BCUT2D eigenvalue weighted by atomic mass is 10.1. The van der Waals surface area contributed by atoms with Crippen molar-refractivity contribution in [3.05, 3.63) is 108 Å². The van der Waals surface area contributed by atoms with Gasteiger partial charge in [0.2, 0.25) is 0 Å². The topological polar surface area (TPSA) is 45.1 Å². The molecule has 0 saturated carbocycles. The van der Waals surface area contributed by atoms with Gasteiger partial charge in [0.05, 0.1) is 17.2 Å². The zero-order valence-corrected chi connectivity index (χ0v) is 17.9. The third-order valence-corrected chi connectivity index (χ3v) is 6.59. The van der Waals surface area contributed by atoms with Crippen LogP contribution >= 0.6 is 0 Å². The van der Waals surface area contributed by atoms with Crippen LogP contribution in [0.15, 0.2) is 91.1 Å². The number of benzene rings is 3. The first kappa shape index (κ1) is 19.1. The second-order valence-corrected chi connectivity index (χ2v) is 8.53. The van der Waals surface area contributed by atoms with E-state index in [1.807, 2.05) is 47.0 Å². The molecule has 2 aliphatic heterocycles. The average Bonchev–Trinajstić information content (AvgIpc) is 3.35. The molecule has 3 aromatic carbocycles. The number of hydrogen-bond acceptors (Lipinski definition) is 4. The molecule has 2 aromatic heterocycles. The Balaban J connectivity index is 1.45. The molecule has 34 heavy (non-hydrogen) atoms. The van der Waals surface area contributed by atoms with Crippen molar-refractivity contribution >= 4 is 33.9 Å². The lowest BCUT2D eigenvalue weighted by molar-refractivity contribution is 0.621. The zero-order chi connectivity index (χ0) is 22.8. The first-order valence-electron chi connectivity index (χ1n) is 11.1. The molecule has 0 bridgehead atoms. The number of fused-ring (bicyclic) bond motifs is 6. The molecule has 166 valence electrons. The second kappa shape index (κ2) is 7.05. The van der Waals surface area contributed by atoms with Crippen LogP contribution in [0.2, 0.25) is 0 Å². The molecule has 5 nitrogen and oxygen atoms in total. The van der Waals surface area contributed by atoms with Crippen LogP contribution < -0.4 is 15.5 Å². The summed E-state index contributed by atoms with van der Waals surface area (Å²) in [4.78, 5) is 6.76. The second-order valence-electron chi connectivity index (χ2n) is 8.53. The van der Waals surface area contributed by atoms with Gasteiger partial charge in [0.25, 0.3) is 0 Å². The number of nitrogens with one attached hydrogen (secondary N) is 2. The minimum Gasteiger partial charge on any atom is -0.359 e. The van der Waals surface area contributed by atoms with Gasteiger partial charge >= 0.3 is 0 Å². The molecule has 0 saturated heterocycles. The summed E-state index contributed by atoms with van der Waals surface area (Å²) in [5.41, 5.74) is 6.04. The first-order chi connectivity index (χ1) is 16.7. The first-order valence-corrected chi connectivity index (χ1v) is 11.1. The summed E-state index contributed by atoms with van der Waals surface area (Å²) < 4.78 is 30.4. The van der Waals surface area contributed by atoms with Crippen LogP contribution in [0, 0.1) is 11.6 Å². The van der Waals surface area contributed by atoms with Crippen molar-refractivity contribution in [3.63, 3.8) is 0 Å². The smallest absolute Gasteiger partial charge is 0.137 e. The largest absolute Gasteiger partial charge is 0.359 e. The maximum atomic E-state index is 14.2. The quantitative estimate of drug-likeness (QED) is 0.328. The number of halogens is 2. The monoisotopic (exact) mass is 451 g/mol. The van der Waals surface area contributed by atoms with Gasteiger partial charge < -0.3 is 15.5 Å². The Bertz CT molecular complexity index is 1580.